The first kappa shape index (κ1) is 24.4. The molecule has 1 aliphatic heterocycles. The fourth-order valence-corrected chi connectivity index (χ4v) is 3.83. The summed E-state index contributed by atoms with van der Waals surface area (Å²) in [6.07, 6.45) is 0.816. The van der Waals surface area contributed by atoms with Gasteiger partial charge in [-0.05, 0) is 50.4 Å². The Morgan fingerprint density at radius 1 is 1.41 bits per heavy atom. The van der Waals surface area contributed by atoms with Crippen LogP contribution in [-0.4, -0.2) is 40.3 Å². The number of allylic oxidation sites excluding steroid dienone is 2. The third-order valence-electron chi connectivity index (χ3n) is 5.37. The van der Waals surface area contributed by atoms with Crippen molar-refractivity contribution in [2.24, 2.45) is 12.0 Å². The molecule has 0 spiro atoms. The monoisotopic (exact) mass is 464 g/mol. The van der Waals surface area contributed by atoms with Crippen molar-refractivity contribution in [3.63, 3.8) is 0 Å². The molecule has 2 heterocycles. The zero-order chi connectivity index (χ0) is 25.2. The standard InChI is InChI=1S/C24H25FN6O3/c1-13-9-21(23(27-4)28-15(3)32)34-14(2)18-10-16(25)7-8-17(18)24(33)30(5)12-19-22(13)20(11-26)31(6)29-19/h7-10,14H,4,12H2,1-3,5-6H3,(H,28,32)/b13-9+,23-21-/t14-/m1/s1. The van der Waals surface area contributed by atoms with Gasteiger partial charge >= 0.3 is 0 Å². The number of hydrogen-bond acceptors (Lipinski definition) is 6. The molecule has 0 saturated heterocycles. The van der Waals surface area contributed by atoms with E-state index < -0.39 is 17.8 Å². The number of aliphatic imine (C=N–C) groups is 1. The van der Waals surface area contributed by atoms with Crippen molar-refractivity contribution in [3.05, 3.63) is 69.8 Å². The molecule has 9 nitrogen and oxygen atoms in total. The van der Waals surface area contributed by atoms with Crippen LogP contribution in [0.1, 0.15) is 59.7 Å². The minimum Gasteiger partial charge on any atom is -0.482 e. The van der Waals surface area contributed by atoms with Crippen LogP contribution in [-0.2, 0) is 23.1 Å². The Morgan fingerprint density at radius 2 is 2.12 bits per heavy atom. The number of rotatable bonds is 2. The molecule has 0 radical (unpaired) electrons. The van der Waals surface area contributed by atoms with Gasteiger partial charge < -0.3 is 15.0 Å². The number of nitriles is 1. The Morgan fingerprint density at radius 3 is 2.74 bits per heavy atom. The van der Waals surface area contributed by atoms with Crippen LogP contribution in [0, 0.1) is 17.1 Å². The fraction of sp³-hybridized carbons (Fsp3) is 0.292. The number of carbonyl (C=O) groups is 2. The minimum atomic E-state index is -0.796. The second kappa shape index (κ2) is 9.70. The summed E-state index contributed by atoms with van der Waals surface area (Å²) >= 11 is 0. The van der Waals surface area contributed by atoms with E-state index in [-0.39, 0.29) is 29.6 Å². The van der Waals surface area contributed by atoms with Gasteiger partial charge in [0.05, 0.1) is 12.2 Å². The van der Waals surface area contributed by atoms with Crippen LogP contribution < -0.4 is 5.32 Å². The van der Waals surface area contributed by atoms with Crippen LogP contribution in [0.2, 0.25) is 0 Å². The molecule has 34 heavy (non-hydrogen) atoms. The number of halogens is 1. The van der Waals surface area contributed by atoms with Crippen LogP contribution in [0.3, 0.4) is 0 Å². The van der Waals surface area contributed by atoms with Crippen LogP contribution in [0.5, 0.6) is 0 Å². The SMILES string of the molecule is C=N/C(NC(C)=O)=C1\C=C(/C)c2c(nn(C)c2C#N)CN(C)C(=O)c2ccc(F)cc2[C@@H](C)O1. The van der Waals surface area contributed by atoms with Crippen LogP contribution in [0.25, 0.3) is 5.57 Å². The van der Waals surface area contributed by atoms with E-state index in [0.717, 1.165) is 0 Å². The van der Waals surface area contributed by atoms with Gasteiger partial charge in [0, 0.05) is 37.7 Å². The molecule has 2 aromatic rings. The summed E-state index contributed by atoms with van der Waals surface area (Å²) in [7, 11) is 3.25. The Balaban J connectivity index is 2.34. The van der Waals surface area contributed by atoms with E-state index in [2.05, 4.69) is 28.2 Å². The fourth-order valence-electron chi connectivity index (χ4n) is 3.83. The number of aromatic nitrogens is 2. The number of aryl methyl sites for hydroxylation is 1. The van der Waals surface area contributed by atoms with Crippen molar-refractivity contribution in [3.8, 4) is 6.07 Å². The molecule has 0 unspecified atom stereocenters. The van der Waals surface area contributed by atoms with Crippen molar-refractivity contribution in [1.29, 1.82) is 5.26 Å². The molecule has 1 aromatic carbocycles. The average Bonchev–Trinajstić information content (AvgIpc) is 3.10. The molecule has 0 bridgehead atoms. The highest BCUT2D eigenvalue weighted by molar-refractivity contribution is 5.95. The van der Waals surface area contributed by atoms with Gasteiger partial charge in [0.15, 0.2) is 11.6 Å². The molecule has 3 rings (SSSR count). The Bertz CT molecular complexity index is 1280. The lowest BCUT2D eigenvalue weighted by Crippen LogP contribution is -2.28. The highest BCUT2D eigenvalue weighted by atomic mass is 19.1. The first-order chi connectivity index (χ1) is 16.1. The number of amides is 2. The van der Waals surface area contributed by atoms with Crippen molar-refractivity contribution >= 4 is 24.1 Å². The van der Waals surface area contributed by atoms with Gasteiger partial charge in [-0.1, -0.05) is 0 Å². The van der Waals surface area contributed by atoms with E-state index in [1.165, 1.54) is 34.7 Å². The predicted molar refractivity (Wildman–Crippen MR) is 124 cm³/mol. The predicted octanol–water partition coefficient (Wildman–Crippen LogP) is 3.20. The molecular weight excluding hydrogens is 439 g/mol. The second-order valence-electron chi connectivity index (χ2n) is 7.94. The lowest BCUT2D eigenvalue weighted by Gasteiger charge is -2.24. The maximum absolute atomic E-state index is 14.2. The van der Waals surface area contributed by atoms with Gasteiger partial charge in [-0.2, -0.15) is 10.4 Å². The van der Waals surface area contributed by atoms with Gasteiger partial charge in [0.2, 0.25) is 5.91 Å². The Labute approximate surface area is 196 Å². The highest BCUT2D eigenvalue weighted by Crippen LogP contribution is 2.31. The quantitative estimate of drug-likeness (QED) is 0.686. The summed E-state index contributed by atoms with van der Waals surface area (Å²) in [6, 6.07) is 6.00. The van der Waals surface area contributed by atoms with Gasteiger partial charge in [-0.3, -0.25) is 14.3 Å². The molecule has 2 amide bonds. The summed E-state index contributed by atoms with van der Waals surface area (Å²) in [5, 5.41) is 16.8. The molecule has 0 fully saturated rings. The lowest BCUT2D eigenvalue weighted by molar-refractivity contribution is -0.118. The Kier molecular flexibility index (Phi) is 6.96. The normalized spacial score (nSPS) is 19.2. The molecule has 10 heteroatoms. The van der Waals surface area contributed by atoms with E-state index in [1.54, 1.807) is 34.0 Å². The van der Waals surface area contributed by atoms with Crippen molar-refractivity contribution in [2.75, 3.05) is 7.05 Å². The lowest BCUT2D eigenvalue weighted by atomic mass is 10.00. The van der Waals surface area contributed by atoms with E-state index in [1.807, 2.05) is 0 Å². The van der Waals surface area contributed by atoms with Gasteiger partial charge in [0.25, 0.3) is 5.91 Å². The van der Waals surface area contributed by atoms with Crippen LogP contribution in [0.15, 0.2) is 40.8 Å². The van der Waals surface area contributed by atoms with Crippen molar-refractivity contribution in [2.45, 2.75) is 33.4 Å². The topological polar surface area (TPSA) is 113 Å². The molecule has 1 N–H and O–H groups in total. The first-order valence-electron chi connectivity index (χ1n) is 10.4. The average molecular weight is 465 g/mol. The summed E-state index contributed by atoms with van der Waals surface area (Å²) in [5.41, 5.74) is 2.49. The molecular formula is C24H25FN6O3. The number of fused-ring (bicyclic) bond motifs is 2. The van der Waals surface area contributed by atoms with Crippen molar-refractivity contribution < 1.29 is 18.7 Å². The third-order valence-corrected chi connectivity index (χ3v) is 5.37. The third kappa shape index (κ3) is 4.73. The first-order valence-corrected chi connectivity index (χ1v) is 10.4. The van der Waals surface area contributed by atoms with E-state index >= 15 is 0 Å². The second-order valence-corrected chi connectivity index (χ2v) is 7.94. The summed E-state index contributed by atoms with van der Waals surface area (Å²) in [4.78, 5) is 30.4. The summed E-state index contributed by atoms with van der Waals surface area (Å²) < 4.78 is 21.7. The highest BCUT2D eigenvalue weighted by Gasteiger charge is 2.26. The summed E-state index contributed by atoms with van der Waals surface area (Å²) in [6.45, 7) is 8.35. The van der Waals surface area contributed by atoms with E-state index in [9.17, 15) is 19.2 Å². The molecule has 1 atom stereocenters. The summed E-state index contributed by atoms with van der Waals surface area (Å²) in [5.74, 6) is -1.11. The smallest absolute Gasteiger partial charge is 0.254 e. The maximum atomic E-state index is 14.2. The van der Waals surface area contributed by atoms with E-state index in [4.69, 9.17) is 4.74 Å². The van der Waals surface area contributed by atoms with Gasteiger partial charge in [0.1, 0.15) is 23.7 Å². The van der Waals surface area contributed by atoms with Crippen LogP contribution in [0.4, 0.5) is 4.39 Å². The minimum absolute atomic E-state index is 0.0427. The van der Waals surface area contributed by atoms with E-state index in [0.29, 0.717) is 28.1 Å². The van der Waals surface area contributed by atoms with Gasteiger partial charge in [-0.15, -0.1) is 0 Å². The molecule has 176 valence electrons. The molecule has 1 aromatic heterocycles. The number of nitrogens with zero attached hydrogens (tertiary/aromatic N) is 5. The van der Waals surface area contributed by atoms with Crippen molar-refractivity contribution in [1.82, 2.24) is 20.0 Å². The number of nitrogens with one attached hydrogen (secondary N) is 1. The zero-order valence-corrected chi connectivity index (χ0v) is 19.6. The largest absolute Gasteiger partial charge is 0.482 e. The number of benzene rings is 1. The van der Waals surface area contributed by atoms with Crippen LogP contribution >= 0.6 is 0 Å². The maximum Gasteiger partial charge on any atom is 0.254 e. The number of hydrogen-bond donors (Lipinski definition) is 1. The Hall–Kier alpha value is -4.26. The van der Waals surface area contributed by atoms with Gasteiger partial charge in [-0.25, -0.2) is 9.38 Å². The molecule has 0 aliphatic carbocycles. The molecule has 0 saturated carbocycles. The number of carbonyl (C=O) groups excluding carboxylic acids is 2. The number of ether oxygens (including phenoxy) is 1. The molecule has 1 aliphatic rings. The zero-order valence-electron chi connectivity index (χ0n) is 19.6.